The normalized spacial score (nSPS) is 10.6. The summed E-state index contributed by atoms with van der Waals surface area (Å²) in [5.74, 6) is 1.35. The van der Waals surface area contributed by atoms with Crippen LogP contribution in [0.3, 0.4) is 0 Å². The molecule has 0 aliphatic carbocycles. The van der Waals surface area contributed by atoms with Gasteiger partial charge in [-0.2, -0.15) is 5.10 Å². The van der Waals surface area contributed by atoms with Crippen molar-refractivity contribution in [1.82, 2.24) is 15.2 Å². The monoisotopic (exact) mass is 289 g/mol. The van der Waals surface area contributed by atoms with Crippen molar-refractivity contribution in [3.8, 4) is 22.8 Å². The van der Waals surface area contributed by atoms with E-state index in [9.17, 15) is 0 Å². The molecule has 19 heavy (non-hydrogen) atoms. The highest BCUT2D eigenvalue weighted by Gasteiger charge is 2.07. The lowest BCUT2D eigenvalue weighted by Crippen LogP contribution is -1.81. The number of nitrogens with one attached hydrogen (secondary N) is 1. The van der Waals surface area contributed by atoms with Crippen molar-refractivity contribution in [3.05, 3.63) is 58.6 Å². The Morgan fingerprint density at radius 1 is 0.737 bits per heavy atom. The van der Waals surface area contributed by atoms with E-state index in [4.69, 9.17) is 23.2 Å². The number of rotatable bonds is 2. The molecule has 0 amide bonds. The number of aromatic amines is 1. The van der Waals surface area contributed by atoms with E-state index in [0.717, 1.165) is 11.1 Å². The van der Waals surface area contributed by atoms with E-state index in [1.807, 2.05) is 48.5 Å². The first-order valence-electron chi connectivity index (χ1n) is 5.67. The van der Waals surface area contributed by atoms with Crippen molar-refractivity contribution >= 4 is 23.2 Å². The lowest BCUT2D eigenvalue weighted by molar-refractivity contribution is 1.10. The highest BCUT2D eigenvalue weighted by atomic mass is 35.5. The fourth-order valence-corrected chi connectivity index (χ4v) is 1.98. The van der Waals surface area contributed by atoms with E-state index in [-0.39, 0.29) is 0 Å². The average Bonchev–Trinajstić information content (AvgIpc) is 2.90. The summed E-state index contributed by atoms with van der Waals surface area (Å²) < 4.78 is 0. The van der Waals surface area contributed by atoms with Crippen molar-refractivity contribution in [3.63, 3.8) is 0 Å². The molecule has 3 aromatic rings. The van der Waals surface area contributed by atoms with Crippen LogP contribution in [0.5, 0.6) is 0 Å². The molecule has 1 heterocycles. The standard InChI is InChI=1S/C14H9Cl2N3/c15-11-5-1-9(2-6-11)13-17-14(19-18-13)10-3-7-12(16)8-4-10/h1-8H,(H,17,18,19). The Kier molecular flexibility index (Phi) is 3.23. The van der Waals surface area contributed by atoms with Crippen LogP contribution in [0.1, 0.15) is 0 Å². The third-order valence-electron chi connectivity index (χ3n) is 2.71. The van der Waals surface area contributed by atoms with Crippen LogP contribution in [0.25, 0.3) is 22.8 Å². The second kappa shape index (κ2) is 5.03. The molecule has 0 aliphatic heterocycles. The van der Waals surface area contributed by atoms with Gasteiger partial charge >= 0.3 is 0 Å². The van der Waals surface area contributed by atoms with E-state index in [2.05, 4.69) is 15.2 Å². The Labute approximate surface area is 120 Å². The topological polar surface area (TPSA) is 41.6 Å². The molecule has 0 atom stereocenters. The largest absolute Gasteiger partial charge is 0.259 e. The van der Waals surface area contributed by atoms with Gasteiger partial charge < -0.3 is 0 Å². The molecule has 1 N–H and O–H groups in total. The minimum absolute atomic E-state index is 0.640. The summed E-state index contributed by atoms with van der Waals surface area (Å²) in [5.41, 5.74) is 1.86. The third kappa shape index (κ3) is 2.62. The van der Waals surface area contributed by atoms with Crippen LogP contribution in [0.4, 0.5) is 0 Å². The molecule has 0 spiro atoms. The Hall–Kier alpha value is -1.84. The number of H-pyrrole nitrogens is 1. The van der Waals surface area contributed by atoms with Crippen LogP contribution in [-0.4, -0.2) is 15.2 Å². The summed E-state index contributed by atoms with van der Waals surface area (Å²) in [6.07, 6.45) is 0. The minimum atomic E-state index is 0.640. The molecule has 3 rings (SSSR count). The molecule has 2 aromatic carbocycles. The van der Waals surface area contributed by atoms with E-state index in [1.165, 1.54) is 0 Å². The van der Waals surface area contributed by atoms with E-state index in [0.29, 0.717) is 21.7 Å². The van der Waals surface area contributed by atoms with Crippen LogP contribution in [0.15, 0.2) is 48.5 Å². The third-order valence-corrected chi connectivity index (χ3v) is 3.21. The predicted octanol–water partition coefficient (Wildman–Crippen LogP) is 4.45. The van der Waals surface area contributed by atoms with E-state index in [1.54, 1.807) is 0 Å². The van der Waals surface area contributed by atoms with Gasteiger partial charge in [0.2, 0.25) is 0 Å². The van der Waals surface area contributed by atoms with Gasteiger partial charge in [-0.05, 0) is 48.5 Å². The highest BCUT2D eigenvalue weighted by molar-refractivity contribution is 6.30. The van der Waals surface area contributed by atoms with E-state index >= 15 is 0 Å². The summed E-state index contributed by atoms with van der Waals surface area (Å²) in [6, 6.07) is 14.8. The second-order valence-electron chi connectivity index (χ2n) is 4.02. The molecule has 0 radical (unpaired) electrons. The maximum Gasteiger partial charge on any atom is 0.181 e. The molecule has 94 valence electrons. The first-order chi connectivity index (χ1) is 9.22. The Morgan fingerprint density at radius 3 is 1.84 bits per heavy atom. The van der Waals surface area contributed by atoms with Gasteiger partial charge in [0.05, 0.1) is 0 Å². The minimum Gasteiger partial charge on any atom is -0.259 e. The predicted molar refractivity (Wildman–Crippen MR) is 77.3 cm³/mol. The van der Waals surface area contributed by atoms with Crippen LogP contribution >= 0.6 is 23.2 Å². The van der Waals surface area contributed by atoms with Gasteiger partial charge in [0.15, 0.2) is 11.6 Å². The molecule has 0 unspecified atom stereocenters. The first-order valence-corrected chi connectivity index (χ1v) is 6.42. The second-order valence-corrected chi connectivity index (χ2v) is 4.89. The van der Waals surface area contributed by atoms with Gasteiger partial charge in [0, 0.05) is 21.2 Å². The quantitative estimate of drug-likeness (QED) is 0.757. The lowest BCUT2D eigenvalue weighted by atomic mass is 10.2. The molecule has 0 aliphatic rings. The first kappa shape index (κ1) is 12.2. The lowest BCUT2D eigenvalue weighted by Gasteiger charge is -1.96. The van der Waals surface area contributed by atoms with E-state index < -0.39 is 0 Å². The summed E-state index contributed by atoms with van der Waals surface area (Å²) in [4.78, 5) is 4.46. The van der Waals surface area contributed by atoms with Crippen LogP contribution < -0.4 is 0 Å². The van der Waals surface area contributed by atoms with Gasteiger partial charge in [0.1, 0.15) is 0 Å². The molecule has 0 fully saturated rings. The summed E-state index contributed by atoms with van der Waals surface area (Å²) in [5, 5.41) is 8.51. The number of hydrogen-bond donors (Lipinski definition) is 1. The van der Waals surface area contributed by atoms with Crippen molar-refractivity contribution in [1.29, 1.82) is 0 Å². The van der Waals surface area contributed by atoms with Crippen molar-refractivity contribution in [2.45, 2.75) is 0 Å². The molecule has 3 nitrogen and oxygen atoms in total. The van der Waals surface area contributed by atoms with Crippen molar-refractivity contribution in [2.24, 2.45) is 0 Å². The van der Waals surface area contributed by atoms with Gasteiger partial charge in [-0.1, -0.05) is 23.2 Å². The number of hydrogen-bond acceptors (Lipinski definition) is 2. The number of aromatic nitrogens is 3. The van der Waals surface area contributed by atoms with Crippen LogP contribution in [0.2, 0.25) is 10.0 Å². The zero-order chi connectivity index (χ0) is 13.2. The Morgan fingerprint density at radius 2 is 1.26 bits per heavy atom. The highest BCUT2D eigenvalue weighted by Crippen LogP contribution is 2.22. The fraction of sp³-hybridized carbons (Fsp3) is 0. The smallest absolute Gasteiger partial charge is 0.181 e. The van der Waals surface area contributed by atoms with Gasteiger partial charge in [-0.15, -0.1) is 0 Å². The zero-order valence-corrected chi connectivity index (χ0v) is 11.3. The molecule has 5 heteroatoms. The number of nitrogens with zero attached hydrogens (tertiary/aromatic N) is 2. The molecule has 0 saturated carbocycles. The number of halogens is 2. The fourth-order valence-electron chi connectivity index (χ4n) is 1.73. The molecular weight excluding hydrogens is 281 g/mol. The SMILES string of the molecule is Clc1ccc(-c2n[nH]c(-c3ccc(Cl)cc3)n2)cc1. The number of benzene rings is 2. The van der Waals surface area contributed by atoms with Gasteiger partial charge in [0.25, 0.3) is 0 Å². The molecule has 1 aromatic heterocycles. The summed E-state index contributed by atoms with van der Waals surface area (Å²) in [7, 11) is 0. The Bertz CT molecular complexity index is 627. The molecule has 0 saturated heterocycles. The molecular formula is C14H9Cl2N3. The maximum absolute atomic E-state index is 5.86. The maximum atomic E-state index is 5.86. The van der Waals surface area contributed by atoms with Gasteiger partial charge in [-0.25, -0.2) is 4.98 Å². The van der Waals surface area contributed by atoms with Crippen LogP contribution in [0, 0.1) is 0 Å². The summed E-state index contributed by atoms with van der Waals surface area (Å²) >= 11 is 11.7. The average molecular weight is 290 g/mol. The zero-order valence-electron chi connectivity index (χ0n) is 9.77. The van der Waals surface area contributed by atoms with Gasteiger partial charge in [-0.3, -0.25) is 5.10 Å². The van der Waals surface area contributed by atoms with Crippen molar-refractivity contribution in [2.75, 3.05) is 0 Å². The van der Waals surface area contributed by atoms with Crippen molar-refractivity contribution < 1.29 is 0 Å². The summed E-state index contributed by atoms with van der Waals surface area (Å²) in [6.45, 7) is 0. The van der Waals surface area contributed by atoms with Crippen LogP contribution in [-0.2, 0) is 0 Å². The Balaban J connectivity index is 1.95. The molecule has 0 bridgehead atoms.